The Kier molecular flexibility index (Phi) is 4.81. The number of carboxylic acid groups (broad SMARTS) is 1. The monoisotopic (exact) mass is 306 g/mol. The van der Waals surface area contributed by atoms with E-state index in [0.717, 1.165) is 5.56 Å². The summed E-state index contributed by atoms with van der Waals surface area (Å²) in [6.07, 6.45) is 1.59. The van der Waals surface area contributed by atoms with Gasteiger partial charge in [-0.05, 0) is 17.0 Å². The van der Waals surface area contributed by atoms with Gasteiger partial charge in [-0.15, -0.1) is 0 Å². The van der Waals surface area contributed by atoms with Gasteiger partial charge < -0.3 is 14.7 Å². The van der Waals surface area contributed by atoms with E-state index in [4.69, 9.17) is 9.84 Å². The molecule has 1 fully saturated rings. The van der Waals surface area contributed by atoms with Crippen molar-refractivity contribution in [3.8, 4) is 0 Å². The van der Waals surface area contributed by atoms with Crippen LogP contribution in [0.3, 0.4) is 0 Å². The van der Waals surface area contributed by atoms with E-state index in [1.165, 1.54) is 0 Å². The van der Waals surface area contributed by atoms with E-state index in [1.54, 1.807) is 17.2 Å². The Hall–Kier alpha value is -1.95. The third-order valence-electron chi connectivity index (χ3n) is 3.75. The molecule has 6 nitrogen and oxygen atoms in total. The summed E-state index contributed by atoms with van der Waals surface area (Å²) < 4.78 is 5.29. The molecule has 22 heavy (non-hydrogen) atoms. The largest absolute Gasteiger partial charge is 0.481 e. The molecule has 1 amide bonds. The van der Waals surface area contributed by atoms with Crippen molar-refractivity contribution in [3.05, 3.63) is 29.6 Å². The standard InChI is InChI=1S/C16H22N2O4/c1-16(2,3)11-4-5-13(17-9-11)15(21)18-6-7-22-10-12(18)8-14(19)20/h4-5,9,12H,6-8,10H2,1-3H3,(H,19,20)/t12-/m0/s1. The van der Waals surface area contributed by atoms with Crippen molar-refractivity contribution in [2.24, 2.45) is 0 Å². The van der Waals surface area contributed by atoms with Crippen LogP contribution in [0, 0.1) is 0 Å². The molecule has 2 heterocycles. The fraction of sp³-hybridized carbons (Fsp3) is 0.562. The number of rotatable bonds is 3. The molecule has 2 rings (SSSR count). The second-order valence-corrected chi connectivity index (χ2v) is 6.51. The van der Waals surface area contributed by atoms with Crippen LogP contribution >= 0.6 is 0 Å². The number of carbonyl (C=O) groups excluding carboxylic acids is 1. The van der Waals surface area contributed by atoms with Crippen LogP contribution < -0.4 is 0 Å². The van der Waals surface area contributed by atoms with Crippen molar-refractivity contribution < 1.29 is 19.4 Å². The SMILES string of the molecule is CC(C)(C)c1ccc(C(=O)N2CCOC[C@@H]2CC(=O)O)nc1. The van der Waals surface area contributed by atoms with Gasteiger partial charge in [-0.3, -0.25) is 14.6 Å². The molecular formula is C16H22N2O4. The maximum Gasteiger partial charge on any atom is 0.305 e. The number of hydrogen-bond acceptors (Lipinski definition) is 4. The van der Waals surface area contributed by atoms with Crippen LogP contribution in [0.5, 0.6) is 0 Å². The number of ether oxygens (including phenoxy) is 1. The molecule has 1 aliphatic rings. The van der Waals surface area contributed by atoms with Crippen LogP contribution in [-0.2, 0) is 14.9 Å². The molecule has 0 saturated carbocycles. The Balaban J connectivity index is 2.16. The summed E-state index contributed by atoms with van der Waals surface area (Å²) in [6.45, 7) is 7.29. The van der Waals surface area contributed by atoms with Crippen molar-refractivity contribution in [1.29, 1.82) is 0 Å². The highest BCUT2D eigenvalue weighted by Crippen LogP contribution is 2.22. The summed E-state index contributed by atoms with van der Waals surface area (Å²) >= 11 is 0. The topological polar surface area (TPSA) is 79.7 Å². The predicted molar refractivity (Wildman–Crippen MR) is 80.8 cm³/mol. The zero-order chi connectivity index (χ0) is 16.3. The lowest BCUT2D eigenvalue weighted by Crippen LogP contribution is -2.49. The zero-order valence-corrected chi connectivity index (χ0v) is 13.2. The van der Waals surface area contributed by atoms with Crippen molar-refractivity contribution in [2.45, 2.75) is 38.6 Å². The van der Waals surface area contributed by atoms with E-state index in [9.17, 15) is 9.59 Å². The third-order valence-corrected chi connectivity index (χ3v) is 3.75. The Morgan fingerprint density at radius 1 is 1.41 bits per heavy atom. The number of morpholine rings is 1. The average molecular weight is 306 g/mol. The number of aromatic nitrogens is 1. The highest BCUT2D eigenvalue weighted by Gasteiger charge is 2.30. The molecule has 1 aromatic heterocycles. The van der Waals surface area contributed by atoms with Crippen LogP contribution in [0.1, 0.15) is 43.2 Å². The van der Waals surface area contributed by atoms with Gasteiger partial charge in [0, 0.05) is 12.7 Å². The average Bonchev–Trinajstić information content (AvgIpc) is 2.46. The third kappa shape index (κ3) is 3.82. The number of aliphatic carboxylic acids is 1. The molecule has 0 radical (unpaired) electrons. The van der Waals surface area contributed by atoms with Crippen LogP contribution in [0.25, 0.3) is 0 Å². The van der Waals surface area contributed by atoms with Crippen molar-refractivity contribution in [2.75, 3.05) is 19.8 Å². The van der Waals surface area contributed by atoms with E-state index in [2.05, 4.69) is 25.8 Å². The molecule has 1 aromatic rings. The molecule has 0 aliphatic carbocycles. The number of pyridine rings is 1. The summed E-state index contributed by atoms with van der Waals surface area (Å²) in [6, 6.07) is 3.16. The van der Waals surface area contributed by atoms with Gasteiger partial charge in [0.05, 0.1) is 25.7 Å². The van der Waals surface area contributed by atoms with Gasteiger partial charge in [0.25, 0.3) is 5.91 Å². The van der Waals surface area contributed by atoms with Gasteiger partial charge in [0.2, 0.25) is 0 Å². The molecule has 1 N–H and O–H groups in total. The molecule has 1 saturated heterocycles. The first-order chi connectivity index (χ1) is 10.3. The Bertz CT molecular complexity index is 548. The quantitative estimate of drug-likeness (QED) is 0.919. The number of amides is 1. The summed E-state index contributed by atoms with van der Waals surface area (Å²) in [5.41, 5.74) is 1.36. The second-order valence-electron chi connectivity index (χ2n) is 6.51. The summed E-state index contributed by atoms with van der Waals surface area (Å²) in [4.78, 5) is 29.3. The summed E-state index contributed by atoms with van der Waals surface area (Å²) in [7, 11) is 0. The van der Waals surface area contributed by atoms with Gasteiger partial charge in [-0.25, -0.2) is 0 Å². The molecule has 120 valence electrons. The minimum atomic E-state index is -0.940. The lowest BCUT2D eigenvalue weighted by atomic mass is 9.88. The van der Waals surface area contributed by atoms with Gasteiger partial charge in [0.1, 0.15) is 5.69 Å². The summed E-state index contributed by atoms with van der Waals surface area (Å²) in [5, 5.41) is 8.95. The molecule has 0 bridgehead atoms. The normalized spacial score (nSPS) is 19.0. The maximum absolute atomic E-state index is 12.6. The van der Waals surface area contributed by atoms with Gasteiger partial charge in [-0.1, -0.05) is 26.8 Å². The van der Waals surface area contributed by atoms with Crippen LogP contribution in [0.2, 0.25) is 0 Å². The number of carboxylic acids is 1. The van der Waals surface area contributed by atoms with E-state index >= 15 is 0 Å². The number of nitrogens with zero attached hydrogens (tertiary/aromatic N) is 2. The molecule has 1 aliphatic heterocycles. The molecule has 0 unspecified atom stereocenters. The Morgan fingerprint density at radius 3 is 2.68 bits per heavy atom. The van der Waals surface area contributed by atoms with E-state index in [-0.39, 0.29) is 24.3 Å². The fourth-order valence-electron chi connectivity index (χ4n) is 2.40. The first kappa shape index (κ1) is 16.4. The first-order valence-corrected chi connectivity index (χ1v) is 7.36. The highest BCUT2D eigenvalue weighted by molar-refractivity contribution is 5.92. The Morgan fingerprint density at radius 2 is 2.14 bits per heavy atom. The van der Waals surface area contributed by atoms with Crippen LogP contribution in [0.4, 0.5) is 0 Å². The van der Waals surface area contributed by atoms with Crippen molar-refractivity contribution in [3.63, 3.8) is 0 Å². The Labute approximate surface area is 130 Å². The van der Waals surface area contributed by atoms with Gasteiger partial charge >= 0.3 is 5.97 Å². The van der Waals surface area contributed by atoms with E-state index in [1.807, 2.05) is 6.07 Å². The first-order valence-electron chi connectivity index (χ1n) is 7.36. The molecule has 0 spiro atoms. The van der Waals surface area contributed by atoms with E-state index < -0.39 is 12.0 Å². The van der Waals surface area contributed by atoms with Crippen molar-refractivity contribution >= 4 is 11.9 Å². The molecule has 6 heteroatoms. The maximum atomic E-state index is 12.6. The smallest absolute Gasteiger partial charge is 0.305 e. The van der Waals surface area contributed by atoms with Crippen LogP contribution in [0.15, 0.2) is 18.3 Å². The number of hydrogen-bond donors (Lipinski definition) is 1. The molecule has 0 aromatic carbocycles. The summed E-state index contributed by atoms with van der Waals surface area (Å²) in [5.74, 6) is -1.18. The predicted octanol–water partition coefficient (Wildman–Crippen LogP) is 1.69. The lowest BCUT2D eigenvalue weighted by molar-refractivity contribution is -0.139. The van der Waals surface area contributed by atoms with Crippen LogP contribution in [-0.4, -0.2) is 52.7 Å². The van der Waals surface area contributed by atoms with Gasteiger partial charge in [-0.2, -0.15) is 0 Å². The lowest BCUT2D eigenvalue weighted by Gasteiger charge is -2.34. The number of carbonyl (C=O) groups is 2. The minimum Gasteiger partial charge on any atom is -0.481 e. The second kappa shape index (κ2) is 6.44. The van der Waals surface area contributed by atoms with E-state index in [0.29, 0.717) is 18.8 Å². The minimum absolute atomic E-state index is 0.0284. The zero-order valence-electron chi connectivity index (χ0n) is 13.2. The fourth-order valence-corrected chi connectivity index (χ4v) is 2.40. The molecular weight excluding hydrogens is 284 g/mol. The highest BCUT2D eigenvalue weighted by atomic mass is 16.5. The van der Waals surface area contributed by atoms with Crippen molar-refractivity contribution in [1.82, 2.24) is 9.88 Å². The molecule has 1 atom stereocenters. The van der Waals surface area contributed by atoms with Gasteiger partial charge in [0.15, 0.2) is 0 Å².